The Bertz CT molecular complexity index is 710. The van der Waals surface area contributed by atoms with Crippen molar-refractivity contribution in [1.29, 1.82) is 5.26 Å². The molecule has 0 bridgehead atoms. The molecule has 2 aromatic rings. The van der Waals surface area contributed by atoms with Crippen molar-refractivity contribution in [2.45, 2.75) is 19.4 Å². The first-order chi connectivity index (χ1) is 10.2. The molecule has 5 heteroatoms. The average molecular weight is 281 g/mol. The molecule has 1 aromatic carbocycles. The molecule has 1 atom stereocenters. The summed E-state index contributed by atoms with van der Waals surface area (Å²) in [5.41, 5.74) is 10.1. The number of nitriles is 1. The third-order valence-corrected chi connectivity index (χ3v) is 4.21. The van der Waals surface area contributed by atoms with Crippen LogP contribution in [0, 0.1) is 18.3 Å². The van der Waals surface area contributed by atoms with Crippen LogP contribution >= 0.6 is 0 Å². The Morgan fingerprint density at radius 2 is 2.19 bits per heavy atom. The van der Waals surface area contributed by atoms with E-state index in [4.69, 9.17) is 5.73 Å². The summed E-state index contributed by atoms with van der Waals surface area (Å²) in [6.07, 6.45) is 0.960. The van der Waals surface area contributed by atoms with Crippen molar-refractivity contribution >= 4 is 5.82 Å². The molecule has 1 aliphatic heterocycles. The molecule has 2 heterocycles. The minimum Gasteiger partial charge on any atom is -0.347 e. The van der Waals surface area contributed by atoms with Crippen molar-refractivity contribution in [2.75, 3.05) is 18.0 Å². The van der Waals surface area contributed by atoms with Crippen LogP contribution in [0.3, 0.4) is 0 Å². The van der Waals surface area contributed by atoms with E-state index in [1.807, 2.05) is 20.0 Å². The van der Waals surface area contributed by atoms with E-state index in [0.717, 1.165) is 24.5 Å². The van der Waals surface area contributed by atoms with Crippen LogP contribution in [0.5, 0.6) is 0 Å². The molecule has 1 aliphatic rings. The first-order valence-electron chi connectivity index (χ1n) is 7.15. The van der Waals surface area contributed by atoms with Gasteiger partial charge in [0.05, 0.1) is 11.7 Å². The highest BCUT2D eigenvalue weighted by Crippen LogP contribution is 2.35. The van der Waals surface area contributed by atoms with Gasteiger partial charge in [0, 0.05) is 20.1 Å². The van der Waals surface area contributed by atoms with E-state index in [0.29, 0.717) is 12.1 Å². The Labute approximate surface area is 124 Å². The van der Waals surface area contributed by atoms with E-state index in [9.17, 15) is 5.26 Å². The molecule has 108 valence electrons. The summed E-state index contributed by atoms with van der Waals surface area (Å²) in [4.78, 5) is 2.22. The zero-order valence-corrected chi connectivity index (χ0v) is 12.4. The van der Waals surface area contributed by atoms with Crippen LogP contribution in [0.25, 0.3) is 0 Å². The maximum atomic E-state index is 9.44. The van der Waals surface area contributed by atoms with Gasteiger partial charge in [0.25, 0.3) is 0 Å². The first-order valence-corrected chi connectivity index (χ1v) is 7.15. The summed E-state index contributed by atoms with van der Waals surface area (Å²) in [5, 5.41) is 13.8. The predicted molar refractivity (Wildman–Crippen MR) is 81.9 cm³/mol. The number of nitrogens with zero attached hydrogens (tertiary/aromatic N) is 4. The number of nitrogens with two attached hydrogens (primary N) is 1. The third-order valence-electron chi connectivity index (χ3n) is 4.21. The molecule has 0 radical (unpaired) electrons. The maximum Gasteiger partial charge on any atom is 0.145 e. The number of anilines is 1. The second-order valence-electron chi connectivity index (χ2n) is 5.41. The summed E-state index contributed by atoms with van der Waals surface area (Å²) in [6.45, 7) is 3.25. The van der Waals surface area contributed by atoms with Crippen molar-refractivity contribution in [2.24, 2.45) is 12.8 Å². The Hall–Kier alpha value is -2.32. The van der Waals surface area contributed by atoms with Gasteiger partial charge in [-0.1, -0.05) is 24.3 Å². The molecular formula is C16H19N5. The van der Waals surface area contributed by atoms with Crippen LogP contribution in [-0.2, 0) is 13.5 Å². The second kappa shape index (κ2) is 5.23. The van der Waals surface area contributed by atoms with E-state index >= 15 is 0 Å². The van der Waals surface area contributed by atoms with Crippen molar-refractivity contribution in [3.05, 3.63) is 46.6 Å². The van der Waals surface area contributed by atoms with E-state index in [1.165, 1.54) is 11.1 Å². The fourth-order valence-corrected chi connectivity index (χ4v) is 3.27. The van der Waals surface area contributed by atoms with E-state index < -0.39 is 0 Å². The smallest absolute Gasteiger partial charge is 0.145 e. The number of aromatic nitrogens is 2. The van der Waals surface area contributed by atoms with Crippen LogP contribution in [0.1, 0.15) is 28.4 Å². The minimum atomic E-state index is 0.0943. The molecule has 0 fully saturated rings. The monoisotopic (exact) mass is 281 g/mol. The zero-order chi connectivity index (χ0) is 15.0. The van der Waals surface area contributed by atoms with Crippen LogP contribution in [0.15, 0.2) is 24.3 Å². The molecule has 2 N–H and O–H groups in total. The minimum absolute atomic E-state index is 0.0943. The van der Waals surface area contributed by atoms with Crippen molar-refractivity contribution in [1.82, 2.24) is 9.78 Å². The fourth-order valence-electron chi connectivity index (χ4n) is 3.27. The predicted octanol–water partition coefficient (Wildman–Crippen LogP) is 1.66. The molecule has 0 saturated heterocycles. The Morgan fingerprint density at radius 1 is 1.43 bits per heavy atom. The molecule has 5 nitrogen and oxygen atoms in total. The summed E-state index contributed by atoms with van der Waals surface area (Å²) < 4.78 is 1.80. The van der Waals surface area contributed by atoms with Crippen LogP contribution in [0.4, 0.5) is 5.82 Å². The second-order valence-corrected chi connectivity index (χ2v) is 5.41. The highest BCUT2D eigenvalue weighted by molar-refractivity contribution is 5.59. The highest BCUT2D eigenvalue weighted by atomic mass is 15.4. The van der Waals surface area contributed by atoms with E-state index in [2.05, 4.69) is 34.3 Å². The highest BCUT2D eigenvalue weighted by Gasteiger charge is 2.30. The maximum absolute atomic E-state index is 9.44. The van der Waals surface area contributed by atoms with Crippen molar-refractivity contribution in [3.63, 3.8) is 0 Å². The lowest BCUT2D eigenvalue weighted by atomic mass is 9.92. The molecule has 1 unspecified atom stereocenters. The summed E-state index contributed by atoms with van der Waals surface area (Å²) in [5.74, 6) is 0.875. The van der Waals surface area contributed by atoms with Crippen LogP contribution < -0.4 is 10.6 Å². The fraction of sp³-hybridized carbons (Fsp3) is 0.375. The number of hydrogen-bond donors (Lipinski definition) is 1. The van der Waals surface area contributed by atoms with E-state index in [1.54, 1.807) is 4.68 Å². The number of fused-ring (bicyclic) bond motifs is 1. The molecule has 0 aliphatic carbocycles. The van der Waals surface area contributed by atoms with Gasteiger partial charge in [0.1, 0.15) is 17.5 Å². The van der Waals surface area contributed by atoms with Crippen LogP contribution in [0.2, 0.25) is 0 Å². The standard InChI is InChI=1S/C16H19N5/c1-11-14(9-17)16(20(2)19-11)21-8-7-12-5-3-4-6-13(12)15(21)10-18/h3-6,15H,7-8,10,18H2,1-2H3. The van der Waals surface area contributed by atoms with Crippen molar-refractivity contribution < 1.29 is 0 Å². The van der Waals surface area contributed by atoms with Gasteiger partial charge in [0.15, 0.2) is 0 Å². The van der Waals surface area contributed by atoms with Gasteiger partial charge >= 0.3 is 0 Å². The number of rotatable bonds is 2. The quantitative estimate of drug-likeness (QED) is 0.909. The number of benzene rings is 1. The number of aryl methyl sites for hydroxylation is 2. The van der Waals surface area contributed by atoms with Gasteiger partial charge in [-0.05, 0) is 24.5 Å². The normalized spacial score (nSPS) is 17.4. The molecular weight excluding hydrogens is 262 g/mol. The Kier molecular flexibility index (Phi) is 3.40. The molecule has 3 rings (SSSR count). The third kappa shape index (κ3) is 2.08. The summed E-state index contributed by atoms with van der Waals surface area (Å²) in [6, 6.07) is 10.8. The van der Waals surface area contributed by atoms with Gasteiger partial charge in [-0.25, -0.2) is 0 Å². The van der Waals surface area contributed by atoms with Gasteiger partial charge in [-0.2, -0.15) is 10.4 Å². The Balaban J connectivity index is 2.11. The lowest BCUT2D eigenvalue weighted by molar-refractivity contribution is 0.566. The average Bonchev–Trinajstić information content (AvgIpc) is 2.79. The lowest BCUT2D eigenvalue weighted by Crippen LogP contribution is -2.40. The topological polar surface area (TPSA) is 70.9 Å². The van der Waals surface area contributed by atoms with Gasteiger partial charge in [0.2, 0.25) is 0 Å². The molecule has 0 amide bonds. The van der Waals surface area contributed by atoms with Crippen LogP contribution in [-0.4, -0.2) is 22.9 Å². The SMILES string of the molecule is Cc1nn(C)c(N2CCc3ccccc3C2CN)c1C#N. The number of hydrogen-bond acceptors (Lipinski definition) is 4. The van der Waals surface area contributed by atoms with Gasteiger partial charge in [-0.15, -0.1) is 0 Å². The van der Waals surface area contributed by atoms with E-state index in [-0.39, 0.29) is 6.04 Å². The van der Waals surface area contributed by atoms with Gasteiger partial charge in [-0.3, -0.25) is 4.68 Å². The molecule has 0 saturated carbocycles. The first kappa shape index (κ1) is 13.7. The molecule has 1 aromatic heterocycles. The van der Waals surface area contributed by atoms with Gasteiger partial charge < -0.3 is 10.6 Å². The summed E-state index contributed by atoms with van der Waals surface area (Å²) in [7, 11) is 1.89. The zero-order valence-electron chi connectivity index (χ0n) is 12.4. The molecule has 21 heavy (non-hydrogen) atoms. The lowest BCUT2D eigenvalue weighted by Gasteiger charge is -2.38. The van der Waals surface area contributed by atoms with Crippen molar-refractivity contribution in [3.8, 4) is 6.07 Å². The Morgan fingerprint density at radius 3 is 2.90 bits per heavy atom. The summed E-state index contributed by atoms with van der Waals surface area (Å²) >= 11 is 0. The molecule has 0 spiro atoms. The largest absolute Gasteiger partial charge is 0.347 e.